The fraction of sp³-hybridized carbons (Fsp3) is 0.571. The van der Waals surface area contributed by atoms with Gasteiger partial charge in [0.25, 0.3) is 0 Å². The van der Waals surface area contributed by atoms with Crippen LogP contribution in [0.3, 0.4) is 0 Å². The fourth-order valence-corrected chi connectivity index (χ4v) is 2.77. The lowest BCUT2D eigenvalue weighted by molar-refractivity contribution is -0.116. The van der Waals surface area contributed by atoms with E-state index in [1.165, 1.54) is 6.08 Å². The van der Waals surface area contributed by atoms with Crippen LogP contribution in [-0.4, -0.2) is 72.2 Å². The second kappa shape index (κ2) is 10.2. The minimum absolute atomic E-state index is 0.138. The van der Waals surface area contributed by atoms with Crippen molar-refractivity contribution in [3.05, 3.63) is 36.2 Å². The highest BCUT2D eigenvalue weighted by atomic mass is 16.6. The number of aromatic nitrogens is 1. The molecule has 0 radical (unpaired) electrons. The van der Waals surface area contributed by atoms with Crippen LogP contribution < -0.4 is 10.1 Å². The molecule has 1 N–H and O–H groups in total. The quantitative estimate of drug-likeness (QED) is 0.702. The van der Waals surface area contributed by atoms with Gasteiger partial charge in [-0.1, -0.05) is 6.08 Å². The van der Waals surface area contributed by atoms with Crippen molar-refractivity contribution in [1.29, 1.82) is 0 Å². The normalized spacial score (nSPS) is 17.0. The lowest BCUT2D eigenvalue weighted by Gasteiger charge is -2.24. The molecule has 0 unspecified atom stereocenters. The molecule has 0 aromatic carbocycles. The van der Waals surface area contributed by atoms with E-state index >= 15 is 0 Å². The van der Waals surface area contributed by atoms with E-state index in [1.807, 2.05) is 51.9 Å². The smallest absolute Gasteiger partial charge is 0.410 e. The number of nitrogens with zero attached hydrogens (tertiary/aromatic N) is 3. The Bertz CT molecular complexity index is 728. The Balaban J connectivity index is 1.88. The molecule has 2 rings (SSSR count). The minimum Gasteiger partial charge on any atom is -0.487 e. The van der Waals surface area contributed by atoms with Crippen LogP contribution in [0.5, 0.6) is 5.75 Å². The number of rotatable bonds is 7. The summed E-state index contributed by atoms with van der Waals surface area (Å²) < 4.78 is 11.5. The van der Waals surface area contributed by atoms with E-state index < -0.39 is 5.60 Å². The first-order valence-electron chi connectivity index (χ1n) is 9.80. The van der Waals surface area contributed by atoms with Crippen molar-refractivity contribution >= 4 is 12.0 Å². The summed E-state index contributed by atoms with van der Waals surface area (Å²) in [5.41, 5.74) is 0.316. The van der Waals surface area contributed by atoms with Gasteiger partial charge in [0.15, 0.2) is 0 Å². The number of nitrogens with one attached hydrogen (secondary N) is 1. The predicted molar refractivity (Wildman–Crippen MR) is 111 cm³/mol. The van der Waals surface area contributed by atoms with Gasteiger partial charge in [0, 0.05) is 43.9 Å². The molecular formula is C21H32N4O4. The van der Waals surface area contributed by atoms with E-state index in [0.29, 0.717) is 38.3 Å². The highest BCUT2D eigenvalue weighted by Gasteiger charge is 2.31. The third-order valence-corrected chi connectivity index (χ3v) is 4.15. The standard InChI is InChI=1S/C21H32N4O4/c1-21(2,3)29-20(27)25-12-9-17(15-25)28-18-14-22-10-8-16(18)13-23-19(26)7-6-11-24(4)5/h6-8,10,14,17H,9,11-13,15H2,1-5H3,(H,23,26)/b7-6+/t17-/m0/s1. The molecule has 1 aromatic rings. The number of carbonyl (C=O) groups excluding carboxylic acids is 2. The molecule has 8 heteroatoms. The third kappa shape index (κ3) is 8.11. The van der Waals surface area contributed by atoms with Gasteiger partial charge in [-0.15, -0.1) is 0 Å². The summed E-state index contributed by atoms with van der Waals surface area (Å²) >= 11 is 0. The first-order chi connectivity index (χ1) is 13.6. The molecule has 0 saturated carbocycles. The summed E-state index contributed by atoms with van der Waals surface area (Å²) in [5, 5.41) is 2.85. The molecule has 160 valence electrons. The van der Waals surface area contributed by atoms with Crippen LogP contribution in [-0.2, 0) is 16.1 Å². The number of hydrogen-bond acceptors (Lipinski definition) is 6. The number of pyridine rings is 1. The predicted octanol–water partition coefficient (Wildman–Crippen LogP) is 2.20. The van der Waals surface area contributed by atoms with Gasteiger partial charge in [-0.25, -0.2) is 4.79 Å². The Morgan fingerprint density at radius 2 is 2.14 bits per heavy atom. The van der Waals surface area contributed by atoms with Gasteiger partial charge in [0.2, 0.25) is 5.91 Å². The van der Waals surface area contributed by atoms with Gasteiger partial charge < -0.3 is 24.6 Å². The lowest BCUT2D eigenvalue weighted by Crippen LogP contribution is -2.36. The molecule has 0 spiro atoms. The van der Waals surface area contributed by atoms with Crippen molar-refractivity contribution in [3.63, 3.8) is 0 Å². The van der Waals surface area contributed by atoms with E-state index in [4.69, 9.17) is 9.47 Å². The number of carbonyl (C=O) groups is 2. The van der Waals surface area contributed by atoms with Crippen LogP contribution in [0.1, 0.15) is 32.8 Å². The van der Waals surface area contributed by atoms with Crippen molar-refractivity contribution in [3.8, 4) is 5.75 Å². The zero-order valence-corrected chi connectivity index (χ0v) is 18.0. The fourth-order valence-electron chi connectivity index (χ4n) is 2.77. The molecule has 8 nitrogen and oxygen atoms in total. The third-order valence-electron chi connectivity index (χ3n) is 4.15. The maximum absolute atomic E-state index is 12.2. The summed E-state index contributed by atoms with van der Waals surface area (Å²) in [7, 11) is 3.88. The maximum Gasteiger partial charge on any atom is 0.410 e. The van der Waals surface area contributed by atoms with Crippen LogP contribution in [0.25, 0.3) is 0 Å². The monoisotopic (exact) mass is 404 g/mol. The number of ether oxygens (including phenoxy) is 2. The molecule has 1 aromatic heterocycles. The summed E-state index contributed by atoms with van der Waals surface area (Å²) in [4.78, 5) is 31.9. The summed E-state index contributed by atoms with van der Waals surface area (Å²) in [6.45, 7) is 7.63. The van der Waals surface area contributed by atoms with Gasteiger partial charge >= 0.3 is 6.09 Å². The molecule has 1 saturated heterocycles. The van der Waals surface area contributed by atoms with Crippen LogP contribution in [0.15, 0.2) is 30.6 Å². The summed E-state index contributed by atoms with van der Waals surface area (Å²) in [6.07, 6.45) is 6.89. The Morgan fingerprint density at radius 1 is 1.38 bits per heavy atom. The number of amides is 2. The van der Waals surface area contributed by atoms with Crippen molar-refractivity contribution in [2.24, 2.45) is 0 Å². The lowest BCUT2D eigenvalue weighted by atomic mass is 10.2. The Labute approximate surface area is 172 Å². The maximum atomic E-state index is 12.2. The van der Waals surface area contributed by atoms with Crippen molar-refractivity contribution in [2.75, 3.05) is 33.7 Å². The van der Waals surface area contributed by atoms with Gasteiger partial charge in [-0.3, -0.25) is 9.78 Å². The molecule has 2 heterocycles. The zero-order valence-electron chi connectivity index (χ0n) is 18.0. The summed E-state index contributed by atoms with van der Waals surface area (Å²) in [6, 6.07) is 1.82. The van der Waals surface area contributed by atoms with Gasteiger partial charge in [-0.2, -0.15) is 0 Å². The van der Waals surface area contributed by atoms with Crippen molar-refractivity contribution in [2.45, 2.75) is 45.4 Å². The SMILES string of the molecule is CN(C)C/C=C/C(=O)NCc1ccncc1O[C@H]1CCN(C(=O)OC(C)(C)C)C1. The molecule has 2 amide bonds. The minimum atomic E-state index is -0.522. The van der Waals surface area contributed by atoms with Crippen molar-refractivity contribution in [1.82, 2.24) is 20.1 Å². The number of likely N-dealkylation sites (tertiary alicyclic amines) is 1. The van der Waals surface area contributed by atoms with Gasteiger partial charge in [0.1, 0.15) is 17.5 Å². The molecular weight excluding hydrogens is 372 g/mol. The average molecular weight is 405 g/mol. The van der Waals surface area contributed by atoms with Crippen molar-refractivity contribution < 1.29 is 19.1 Å². The molecule has 0 aliphatic carbocycles. The largest absolute Gasteiger partial charge is 0.487 e. The van der Waals surface area contributed by atoms with Crippen LogP contribution in [0.4, 0.5) is 4.79 Å². The Hall–Kier alpha value is -2.61. The van der Waals surface area contributed by atoms with Gasteiger partial charge in [-0.05, 0) is 40.9 Å². The number of hydrogen-bond donors (Lipinski definition) is 1. The molecule has 1 atom stereocenters. The van der Waals surface area contributed by atoms with E-state index in [0.717, 1.165) is 5.56 Å². The first-order valence-corrected chi connectivity index (χ1v) is 9.80. The molecule has 0 bridgehead atoms. The van der Waals surface area contributed by atoms with Gasteiger partial charge in [0.05, 0.1) is 12.7 Å². The topological polar surface area (TPSA) is 84.0 Å². The molecule has 1 fully saturated rings. The second-order valence-corrected chi connectivity index (χ2v) is 8.32. The highest BCUT2D eigenvalue weighted by Crippen LogP contribution is 2.23. The molecule has 1 aliphatic rings. The van der Waals surface area contributed by atoms with E-state index in [9.17, 15) is 9.59 Å². The molecule has 29 heavy (non-hydrogen) atoms. The average Bonchev–Trinajstić information content (AvgIpc) is 3.08. The van der Waals surface area contributed by atoms with Crippen LogP contribution in [0, 0.1) is 0 Å². The summed E-state index contributed by atoms with van der Waals surface area (Å²) in [5.74, 6) is 0.452. The van der Waals surface area contributed by atoms with Crippen LogP contribution >= 0.6 is 0 Å². The zero-order chi connectivity index (χ0) is 21.4. The van der Waals surface area contributed by atoms with E-state index in [-0.39, 0.29) is 18.1 Å². The molecule has 1 aliphatic heterocycles. The highest BCUT2D eigenvalue weighted by molar-refractivity contribution is 5.87. The first kappa shape index (κ1) is 22.7. The Kier molecular flexibility index (Phi) is 8.01. The number of likely N-dealkylation sites (N-methyl/N-ethyl adjacent to an activating group) is 1. The van der Waals surface area contributed by atoms with E-state index in [2.05, 4.69) is 10.3 Å². The van der Waals surface area contributed by atoms with E-state index in [1.54, 1.807) is 17.3 Å². The second-order valence-electron chi connectivity index (χ2n) is 8.32. The van der Waals surface area contributed by atoms with Crippen LogP contribution in [0.2, 0.25) is 0 Å². The Morgan fingerprint density at radius 3 is 2.83 bits per heavy atom.